The fourth-order valence-corrected chi connectivity index (χ4v) is 10.5. The van der Waals surface area contributed by atoms with Crippen LogP contribution in [0.5, 0.6) is 0 Å². The molecule has 0 radical (unpaired) electrons. The Labute approximate surface area is 226 Å². The molecule has 3 fully saturated rings. The minimum absolute atomic E-state index is 0.0201. The molecule has 0 spiro atoms. The first-order valence-electron chi connectivity index (χ1n) is 14.1. The van der Waals surface area contributed by atoms with E-state index < -0.39 is 23.6 Å². The fraction of sp³-hybridized carbons (Fsp3) is 0.774. The maximum atomic E-state index is 12.4. The summed E-state index contributed by atoms with van der Waals surface area (Å²) in [5.41, 5.74) is 3.68. The Morgan fingerprint density at radius 1 is 1.00 bits per heavy atom. The van der Waals surface area contributed by atoms with Crippen molar-refractivity contribution in [2.75, 3.05) is 12.4 Å². The van der Waals surface area contributed by atoms with Crippen LogP contribution in [0.4, 0.5) is 0 Å². The quantitative estimate of drug-likeness (QED) is 0.358. The molecular weight excluding hydrogens is 484 g/mol. The number of aliphatic carboxylic acids is 1. The number of hydrogen-bond acceptors (Lipinski definition) is 5. The Morgan fingerprint density at radius 3 is 2.32 bits per heavy atom. The van der Waals surface area contributed by atoms with E-state index in [0.717, 1.165) is 61.7 Å². The molecule has 0 amide bonds. The Morgan fingerprint density at radius 2 is 1.68 bits per heavy atom. The van der Waals surface area contributed by atoms with Gasteiger partial charge in [-0.3, -0.25) is 4.79 Å². The zero-order valence-electron chi connectivity index (χ0n) is 23.4. The van der Waals surface area contributed by atoms with Crippen molar-refractivity contribution in [3.63, 3.8) is 0 Å². The second-order valence-electron chi connectivity index (χ2n) is 14.1. The van der Waals surface area contributed by atoms with Crippen LogP contribution < -0.4 is 0 Å². The molecule has 4 N–H and O–H groups in total. The topological polar surface area (TPSA) is 98.0 Å². The third kappa shape index (κ3) is 3.64. The lowest BCUT2D eigenvalue weighted by Gasteiger charge is -2.70. The maximum Gasteiger partial charge on any atom is 0.309 e. The van der Waals surface area contributed by atoms with Crippen molar-refractivity contribution >= 4 is 17.7 Å². The van der Waals surface area contributed by atoms with Crippen molar-refractivity contribution in [3.8, 4) is 0 Å². The zero-order chi connectivity index (χ0) is 27.2. The van der Waals surface area contributed by atoms with Crippen molar-refractivity contribution in [2.45, 2.75) is 104 Å². The van der Waals surface area contributed by atoms with Gasteiger partial charge in [-0.25, -0.2) is 0 Å². The van der Waals surface area contributed by atoms with Crippen LogP contribution in [0.25, 0.3) is 0 Å². The van der Waals surface area contributed by atoms with E-state index in [2.05, 4.69) is 33.8 Å². The zero-order valence-corrected chi connectivity index (χ0v) is 24.2. The van der Waals surface area contributed by atoms with Crippen LogP contribution in [0.1, 0.15) is 86.5 Å². The molecule has 3 saturated carbocycles. The third-order valence-electron chi connectivity index (χ3n) is 12.2. The first-order valence-corrected chi connectivity index (χ1v) is 15.2. The molecule has 37 heavy (non-hydrogen) atoms. The Balaban J connectivity index is 1.66. The molecule has 3 unspecified atom stereocenters. The Hall–Kier alpha value is -1.08. The minimum atomic E-state index is -0.913. The van der Waals surface area contributed by atoms with Crippen molar-refractivity contribution in [2.24, 2.45) is 33.0 Å². The van der Waals surface area contributed by atoms with Crippen LogP contribution in [0.15, 0.2) is 34.4 Å². The van der Waals surface area contributed by atoms with Crippen LogP contribution in [-0.2, 0) is 4.79 Å². The van der Waals surface area contributed by atoms with E-state index in [-0.39, 0.29) is 33.5 Å². The maximum absolute atomic E-state index is 12.4. The van der Waals surface area contributed by atoms with Gasteiger partial charge in [0.25, 0.3) is 0 Å². The summed E-state index contributed by atoms with van der Waals surface area (Å²) in [7, 11) is 0. The van der Waals surface area contributed by atoms with Gasteiger partial charge in [0.15, 0.2) is 0 Å². The van der Waals surface area contributed by atoms with E-state index in [4.69, 9.17) is 0 Å². The highest BCUT2D eigenvalue weighted by Crippen LogP contribution is 2.76. The highest BCUT2D eigenvalue weighted by atomic mass is 32.2. The summed E-state index contributed by atoms with van der Waals surface area (Å²) in [6.45, 7) is 13.6. The van der Waals surface area contributed by atoms with E-state index in [9.17, 15) is 25.2 Å². The standard InChI is InChI=1S/C31H46O5S/c1-18-24-19(15-20(33)25(18)34)29(4)10-12-31(6)23-17-28(3,26(35)36)8-7-27(23,2)9-11-30(31,5)22(29)16-21(24)37-14-13-32/h15-16,20-21,23,25,32-34H,7-14,17H2,1-6H3,(H,35,36)/t20?,21?,23-,25?,27-,28-,29+,30-,31+/m1/s1. The molecule has 0 saturated heterocycles. The molecule has 9 atom stereocenters. The van der Waals surface area contributed by atoms with Gasteiger partial charge < -0.3 is 20.4 Å². The smallest absolute Gasteiger partial charge is 0.309 e. The van der Waals surface area contributed by atoms with Crippen LogP contribution in [0.3, 0.4) is 0 Å². The molecule has 0 aliphatic heterocycles. The van der Waals surface area contributed by atoms with Crippen molar-refractivity contribution in [3.05, 3.63) is 34.4 Å². The first kappa shape index (κ1) is 27.5. The van der Waals surface area contributed by atoms with Gasteiger partial charge in [0.05, 0.1) is 12.0 Å². The normalized spacial score (nSPS) is 49.2. The largest absolute Gasteiger partial charge is 0.481 e. The Bertz CT molecular complexity index is 1090. The van der Waals surface area contributed by atoms with Crippen LogP contribution in [-0.4, -0.2) is 56.2 Å². The van der Waals surface area contributed by atoms with Gasteiger partial charge in [-0.1, -0.05) is 39.3 Å². The van der Waals surface area contributed by atoms with Crippen LogP contribution in [0.2, 0.25) is 0 Å². The average Bonchev–Trinajstić information content (AvgIpc) is 2.84. The molecule has 6 heteroatoms. The van der Waals surface area contributed by atoms with Gasteiger partial charge in [0, 0.05) is 16.4 Å². The molecule has 5 aliphatic rings. The SMILES string of the molecule is CC1=C2C(=CC(O)C1O)[C@]1(C)CC[C@@]3(C)[C@@H]4C[C@](C)(C(=O)O)CC[C@]4(C)CC[C@]3(C)C1=CC2SCCO. The molecule has 0 aromatic carbocycles. The summed E-state index contributed by atoms with van der Waals surface area (Å²) in [5, 5.41) is 41.4. The summed E-state index contributed by atoms with van der Waals surface area (Å²) in [6.07, 6.45) is 9.15. The van der Waals surface area contributed by atoms with E-state index in [0.29, 0.717) is 11.7 Å². The molecule has 0 aromatic rings. The van der Waals surface area contributed by atoms with E-state index >= 15 is 0 Å². The van der Waals surface area contributed by atoms with E-state index in [1.165, 1.54) is 5.57 Å². The van der Waals surface area contributed by atoms with Gasteiger partial charge in [-0.2, -0.15) is 0 Å². The number of thioether (sulfide) groups is 1. The lowest BCUT2D eigenvalue weighted by molar-refractivity contribution is -0.178. The van der Waals surface area contributed by atoms with Gasteiger partial charge in [-0.05, 0) is 104 Å². The number of aliphatic hydroxyl groups excluding tert-OH is 3. The predicted octanol–water partition coefficient (Wildman–Crippen LogP) is 5.50. The number of carboxylic acid groups (broad SMARTS) is 1. The summed E-state index contributed by atoms with van der Waals surface area (Å²) < 4.78 is 0. The van der Waals surface area contributed by atoms with Crippen LogP contribution >= 0.6 is 11.8 Å². The number of carboxylic acids is 1. The van der Waals surface area contributed by atoms with Crippen LogP contribution in [0, 0.1) is 33.0 Å². The molecular formula is C31H46O5S. The summed E-state index contributed by atoms with van der Waals surface area (Å²) in [5.74, 6) is 0.280. The second-order valence-corrected chi connectivity index (χ2v) is 15.3. The number of allylic oxidation sites excluding steroid dienone is 2. The highest BCUT2D eigenvalue weighted by Gasteiger charge is 2.67. The highest BCUT2D eigenvalue weighted by molar-refractivity contribution is 8.00. The number of hydrogen-bond donors (Lipinski definition) is 4. The predicted molar refractivity (Wildman–Crippen MR) is 148 cm³/mol. The first-order chi connectivity index (χ1) is 17.2. The fourth-order valence-electron chi connectivity index (χ4n) is 9.41. The van der Waals surface area contributed by atoms with Gasteiger partial charge in [-0.15, -0.1) is 11.8 Å². The second kappa shape index (κ2) is 8.71. The van der Waals surface area contributed by atoms with Crippen molar-refractivity contribution in [1.29, 1.82) is 0 Å². The summed E-state index contributed by atoms with van der Waals surface area (Å²) in [6, 6.07) is 0. The summed E-state index contributed by atoms with van der Waals surface area (Å²) in [4.78, 5) is 12.4. The number of aliphatic hydroxyl groups is 3. The molecule has 5 aliphatic carbocycles. The third-order valence-corrected chi connectivity index (χ3v) is 13.4. The van der Waals surface area contributed by atoms with Gasteiger partial charge in [0.1, 0.15) is 12.2 Å². The van der Waals surface area contributed by atoms with E-state index in [1.54, 1.807) is 11.8 Å². The molecule has 0 heterocycles. The van der Waals surface area contributed by atoms with Gasteiger partial charge in [0.2, 0.25) is 0 Å². The van der Waals surface area contributed by atoms with Crippen molar-refractivity contribution < 1.29 is 25.2 Å². The Kier molecular flexibility index (Phi) is 6.47. The van der Waals surface area contributed by atoms with Gasteiger partial charge >= 0.3 is 5.97 Å². The molecule has 0 aromatic heterocycles. The monoisotopic (exact) mass is 530 g/mol. The number of rotatable bonds is 4. The lowest BCUT2D eigenvalue weighted by Crippen LogP contribution is -2.62. The summed E-state index contributed by atoms with van der Waals surface area (Å²) >= 11 is 1.71. The molecule has 5 nitrogen and oxygen atoms in total. The van der Waals surface area contributed by atoms with Crippen molar-refractivity contribution in [1.82, 2.24) is 0 Å². The number of carbonyl (C=O) groups is 1. The molecule has 206 valence electrons. The molecule has 0 bridgehead atoms. The lowest BCUT2D eigenvalue weighted by atomic mass is 9.34. The van der Waals surface area contributed by atoms with E-state index in [1.807, 2.05) is 19.9 Å². The number of fused-ring (bicyclic) bond motifs is 7. The molecule has 5 rings (SSSR count). The minimum Gasteiger partial charge on any atom is -0.481 e. The average molecular weight is 531 g/mol.